The predicted molar refractivity (Wildman–Crippen MR) is 90.9 cm³/mol. The number of fused-ring (bicyclic) bond motifs is 2. The maximum atomic E-state index is 12.4. The lowest BCUT2D eigenvalue weighted by molar-refractivity contribution is -0.147. The molecule has 4 nitrogen and oxygen atoms in total. The highest BCUT2D eigenvalue weighted by molar-refractivity contribution is 5.86. The molecule has 0 saturated heterocycles. The number of rotatable bonds is 10. The SMILES string of the molecule is CC(C)CCCCCCCNC(=O)C1C2C=CC(C2)C1C(=O)O. The van der Waals surface area contributed by atoms with Crippen molar-refractivity contribution in [2.45, 2.75) is 58.8 Å². The Morgan fingerprint density at radius 1 is 1.04 bits per heavy atom. The van der Waals surface area contributed by atoms with Crippen LogP contribution in [0.3, 0.4) is 0 Å². The van der Waals surface area contributed by atoms with Crippen molar-refractivity contribution in [3.63, 3.8) is 0 Å². The molecule has 0 radical (unpaired) electrons. The van der Waals surface area contributed by atoms with Crippen LogP contribution in [-0.4, -0.2) is 23.5 Å². The van der Waals surface area contributed by atoms with Crippen LogP contribution in [0.2, 0.25) is 0 Å². The second kappa shape index (κ2) is 8.51. The van der Waals surface area contributed by atoms with E-state index >= 15 is 0 Å². The van der Waals surface area contributed by atoms with Gasteiger partial charge in [0, 0.05) is 6.54 Å². The summed E-state index contributed by atoms with van der Waals surface area (Å²) < 4.78 is 0. The Balaban J connectivity index is 1.62. The topological polar surface area (TPSA) is 66.4 Å². The van der Waals surface area contributed by atoms with E-state index in [-0.39, 0.29) is 23.7 Å². The minimum atomic E-state index is -0.827. The zero-order valence-corrected chi connectivity index (χ0v) is 14.5. The molecule has 0 spiro atoms. The molecule has 0 aromatic rings. The van der Waals surface area contributed by atoms with Gasteiger partial charge >= 0.3 is 5.97 Å². The number of carbonyl (C=O) groups is 2. The Morgan fingerprint density at radius 3 is 2.30 bits per heavy atom. The standard InChI is InChI=1S/C19H31NO3/c1-13(2)8-6-4-3-5-7-11-20-18(21)16-14-9-10-15(12-14)17(16)19(22)23/h9-10,13-17H,3-8,11-12H2,1-2H3,(H,20,21)(H,22,23). The van der Waals surface area contributed by atoms with E-state index in [0.29, 0.717) is 6.54 Å². The summed E-state index contributed by atoms with van der Waals surface area (Å²) in [5.74, 6) is -0.825. The van der Waals surface area contributed by atoms with Crippen LogP contribution in [-0.2, 0) is 9.59 Å². The highest BCUT2D eigenvalue weighted by Gasteiger charge is 2.51. The fraction of sp³-hybridized carbons (Fsp3) is 0.789. The van der Waals surface area contributed by atoms with Gasteiger partial charge in [-0.25, -0.2) is 0 Å². The van der Waals surface area contributed by atoms with Crippen molar-refractivity contribution in [2.75, 3.05) is 6.54 Å². The Labute approximate surface area is 139 Å². The lowest BCUT2D eigenvalue weighted by atomic mass is 9.82. The van der Waals surface area contributed by atoms with Crippen molar-refractivity contribution in [1.29, 1.82) is 0 Å². The van der Waals surface area contributed by atoms with Crippen LogP contribution >= 0.6 is 0 Å². The number of nitrogens with one attached hydrogen (secondary N) is 1. The zero-order chi connectivity index (χ0) is 16.8. The molecule has 4 atom stereocenters. The van der Waals surface area contributed by atoms with E-state index in [1.54, 1.807) is 0 Å². The van der Waals surface area contributed by atoms with Gasteiger partial charge in [-0.1, -0.05) is 58.1 Å². The average Bonchev–Trinajstić information content (AvgIpc) is 3.10. The number of allylic oxidation sites excluding steroid dienone is 2. The number of carbonyl (C=O) groups excluding carboxylic acids is 1. The molecule has 0 heterocycles. The number of hydrogen-bond donors (Lipinski definition) is 2. The molecule has 2 aliphatic rings. The van der Waals surface area contributed by atoms with Gasteiger partial charge in [-0.3, -0.25) is 9.59 Å². The molecule has 2 rings (SSSR count). The third-order valence-corrected chi connectivity index (χ3v) is 5.30. The van der Waals surface area contributed by atoms with Crippen molar-refractivity contribution in [3.05, 3.63) is 12.2 Å². The van der Waals surface area contributed by atoms with Crippen LogP contribution in [0.1, 0.15) is 58.8 Å². The van der Waals surface area contributed by atoms with Gasteiger partial charge in [-0.05, 0) is 30.6 Å². The summed E-state index contributed by atoms with van der Waals surface area (Å²) in [7, 11) is 0. The van der Waals surface area contributed by atoms with Crippen LogP contribution in [0.25, 0.3) is 0 Å². The fourth-order valence-corrected chi connectivity index (χ4v) is 4.05. The molecule has 1 amide bonds. The minimum Gasteiger partial charge on any atom is -0.481 e. The summed E-state index contributed by atoms with van der Waals surface area (Å²) in [5.41, 5.74) is 0. The quantitative estimate of drug-likeness (QED) is 0.477. The molecule has 2 aliphatic carbocycles. The second-order valence-corrected chi connectivity index (χ2v) is 7.58. The van der Waals surface area contributed by atoms with Crippen LogP contribution in [0.5, 0.6) is 0 Å². The number of amides is 1. The van der Waals surface area contributed by atoms with Gasteiger partial charge in [0.25, 0.3) is 0 Å². The van der Waals surface area contributed by atoms with Crippen molar-refractivity contribution < 1.29 is 14.7 Å². The van der Waals surface area contributed by atoms with E-state index < -0.39 is 11.9 Å². The summed E-state index contributed by atoms with van der Waals surface area (Å²) in [6.45, 7) is 5.18. The maximum Gasteiger partial charge on any atom is 0.307 e. The normalized spacial score (nSPS) is 28.5. The Morgan fingerprint density at radius 2 is 1.65 bits per heavy atom. The molecular formula is C19H31NO3. The number of carboxylic acids is 1. The summed E-state index contributed by atoms with van der Waals surface area (Å²) in [6, 6.07) is 0. The highest BCUT2D eigenvalue weighted by Crippen LogP contribution is 2.48. The van der Waals surface area contributed by atoms with E-state index in [0.717, 1.165) is 25.2 Å². The third kappa shape index (κ3) is 4.82. The molecule has 4 heteroatoms. The van der Waals surface area contributed by atoms with Crippen molar-refractivity contribution in [2.24, 2.45) is 29.6 Å². The number of aliphatic carboxylic acids is 1. The Hall–Kier alpha value is -1.32. The molecular weight excluding hydrogens is 290 g/mol. The smallest absolute Gasteiger partial charge is 0.307 e. The van der Waals surface area contributed by atoms with E-state index in [2.05, 4.69) is 19.2 Å². The van der Waals surface area contributed by atoms with Gasteiger partial charge in [-0.2, -0.15) is 0 Å². The van der Waals surface area contributed by atoms with E-state index in [1.807, 2.05) is 12.2 Å². The maximum absolute atomic E-state index is 12.4. The fourth-order valence-electron chi connectivity index (χ4n) is 4.05. The summed E-state index contributed by atoms with van der Waals surface area (Å²) >= 11 is 0. The summed E-state index contributed by atoms with van der Waals surface area (Å²) in [6.07, 6.45) is 12.0. The molecule has 2 N–H and O–H groups in total. The van der Waals surface area contributed by atoms with Gasteiger partial charge < -0.3 is 10.4 Å². The molecule has 0 aliphatic heterocycles. The molecule has 23 heavy (non-hydrogen) atoms. The van der Waals surface area contributed by atoms with E-state index in [4.69, 9.17) is 0 Å². The second-order valence-electron chi connectivity index (χ2n) is 7.58. The van der Waals surface area contributed by atoms with Gasteiger partial charge in [0.15, 0.2) is 0 Å². The van der Waals surface area contributed by atoms with Gasteiger partial charge in [0.1, 0.15) is 0 Å². The van der Waals surface area contributed by atoms with Gasteiger partial charge in [0.2, 0.25) is 5.91 Å². The molecule has 0 aromatic carbocycles. The Bertz CT molecular complexity index is 444. The molecule has 1 saturated carbocycles. The predicted octanol–water partition coefficient (Wildman–Crippen LogP) is 3.62. The van der Waals surface area contributed by atoms with E-state index in [9.17, 15) is 14.7 Å². The first-order chi connectivity index (χ1) is 11.0. The van der Waals surface area contributed by atoms with Crippen LogP contribution in [0, 0.1) is 29.6 Å². The molecule has 4 unspecified atom stereocenters. The first kappa shape index (κ1) is 18.0. The first-order valence-electron chi connectivity index (χ1n) is 9.19. The number of carboxylic acid groups (broad SMARTS) is 1. The molecule has 130 valence electrons. The Kier molecular flexibility index (Phi) is 6.67. The van der Waals surface area contributed by atoms with Crippen LogP contribution < -0.4 is 5.32 Å². The zero-order valence-electron chi connectivity index (χ0n) is 14.5. The molecule has 0 aromatic heterocycles. The monoisotopic (exact) mass is 321 g/mol. The van der Waals surface area contributed by atoms with E-state index in [1.165, 1.54) is 25.7 Å². The largest absolute Gasteiger partial charge is 0.481 e. The van der Waals surface area contributed by atoms with Gasteiger partial charge in [-0.15, -0.1) is 0 Å². The van der Waals surface area contributed by atoms with Crippen LogP contribution in [0.15, 0.2) is 12.2 Å². The van der Waals surface area contributed by atoms with Gasteiger partial charge in [0.05, 0.1) is 11.8 Å². The summed E-state index contributed by atoms with van der Waals surface area (Å²) in [5, 5.41) is 12.3. The highest BCUT2D eigenvalue weighted by atomic mass is 16.4. The van der Waals surface area contributed by atoms with Crippen molar-refractivity contribution in [1.82, 2.24) is 5.32 Å². The van der Waals surface area contributed by atoms with Crippen molar-refractivity contribution in [3.8, 4) is 0 Å². The molecule has 2 bridgehead atoms. The third-order valence-electron chi connectivity index (χ3n) is 5.30. The van der Waals surface area contributed by atoms with Crippen LogP contribution in [0.4, 0.5) is 0 Å². The number of hydrogen-bond acceptors (Lipinski definition) is 2. The van der Waals surface area contributed by atoms with Crippen molar-refractivity contribution >= 4 is 11.9 Å². The molecule has 1 fully saturated rings. The lowest BCUT2D eigenvalue weighted by Crippen LogP contribution is -2.40. The first-order valence-corrected chi connectivity index (χ1v) is 9.19. The lowest BCUT2D eigenvalue weighted by Gasteiger charge is -2.23. The number of unbranched alkanes of at least 4 members (excludes halogenated alkanes) is 4. The summed E-state index contributed by atoms with van der Waals surface area (Å²) in [4.78, 5) is 23.8. The minimum absolute atomic E-state index is 0.0502. The average molecular weight is 321 g/mol.